The van der Waals surface area contributed by atoms with Gasteiger partial charge in [-0.15, -0.1) is 11.3 Å². The zero-order chi connectivity index (χ0) is 25.8. The van der Waals surface area contributed by atoms with Crippen molar-refractivity contribution in [3.63, 3.8) is 0 Å². The molecule has 188 valence electrons. The molecule has 3 aromatic heterocycles. The number of ether oxygens (including phenoxy) is 1. The lowest BCUT2D eigenvalue weighted by atomic mass is 9.96. The van der Waals surface area contributed by atoms with E-state index in [9.17, 15) is 9.18 Å². The zero-order valence-electron chi connectivity index (χ0n) is 21.1. The number of aryl methyl sites for hydroxylation is 1. The van der Waals surface area contributed by atoms with Gasteiger partial charge < -0.3 is 15.4 Å². The van der Waals surface area contributed by atoms with Gasteiger partial charge in [-0.1, -0.05) is 26.8 Å². The molecule has 9 heteroatoms. The van der Waals surface area contributed by atoms with E-state index in [4.69, 9.17) is 15.5 Å². The van der Waals surface area contributed by atoms with Crippen molar-refractivity contribution in [2.45, 2.75) is 40.0 Å². The maximum Gasteiger partial charge on any atom is 0.282 e. The largest absolute Gasteiger partial charge is 0.495 e. The summed E-state index contributed by atoms with van der Waals surface area (Å²) >= 11 is 1.60. The summed E-state index contributed by atoms with van der Waals surface area (Å²) in [7, 11) is 1.67. The summed E-state index contributed by atoms with van der Waals surface area (Å²) in [5, 5.41) is 1.08. The number of benzene rings is 1. The number of halogens is 1. The van der Waals surface area contributed by atoms with Crippen LogP contribution in [0.3, 0.4) is 0 Å². The molecule has 2 N–H and O–H groups in total. The molecule has 0 radical (unpaired) electrons. The maximum atomic E-state index is 14.6. The molecule has 1 amide bonds. The first kappa shape index (κ1) is 24.2. The second-order valence-corrected chi connectivity index (χ2v) is 11.5. The lowest BCUT2D eigenvalue weighted by Gasteiger charge is -2.17. The van der Waals surface area contributed by atoms with E-state index in [0.29, 0.717) is 25.3 Å². The van der Waals surface area contributed by atoms with E-state index in [0.717, 1.165) is 43.3 Å². The molecule has 4 aromatic rings. The minimum absolute atomic E-state index is 0.0504. The molecule has 4 heterocycles. The Kier molecular flexibility index (Phi) is 5.98. The number of likely N-dealkylation sites (tertiary alicyclic amines) is 1. The van der Waals surface area contributed by atoms with Gasteiger partial charge in [0.05, 0.1) is 16.7 Å². The van der Waals surface area contributed by atoms with E-state index >= 15 is 0 Å². The Hall–Kier alpha value is -3.46. The highest BCUT2D eigenvalue weighted by Gasteiger charge is 2.33. The van der Waals surface area contributed by atoms with Crippen molar-refractivity contribution >= 4 is 38.7 Å². The van der Waals surface area contributed by atoms with Crippen LogP contribution in [0.15, 0.2) is 42.5 Å². The number of allylic oxidation sites excluding steroid dienone is 1. The van der Waals surface area contributed by atoms with Crippen molar-refractivity contribution in [3.05, 3.63) is 53.9 Å². The Morgan fingerprint density at radius 3 is 2.81 bits per heavy atom. The molecule has 1 atom stereocenters. The van der Waals surface area contributed by atoms with Crippen LogP contribution in [0, 0.1) is 12.3 Å². The summed E-state index contributed by atoms with van der Waals surface area (Å²) in [6, 6.07) is 6.25. The molecule has 1 aliphatic rings. The number of nitrogens with zero attached hydrogens (tertiary/aromatic N) is 4. The van der Waals surface area contributed by atoms with Crippen LogP contribution in [0.1, 0.15) is 44.5 Å². The van der Waals surface area contributed by atoms with E-state index in [-0.39, 0.29) is 5.92 Å². The fraction of sp³-hybridized carbons (Fsp3) is 0.370. The van der Waals surface area contributed by atoms with Crippen LogP contribution in [-0.4, -0.2) is 45.4 Å². The summed E-state index contributed by atoms with van der Waals surface area (Å²) in [6.07, 6.45) is 5.57. The highest BCUT2D eigenvalue weighted by atomic mass is 32.1. The standard InChI is InChI=1S/C27H30FN5O2S/c1-15-10-17-12-20(36-23(17)19(11-15)35-5)21-22-24(29)30-7-9-33(22)25(31-21)16-6-8-32(14-16)26(34)18(28)13-27(2,3)4/h7,9-13,16H,6,8,14H2,1-5H3,(H2,29,30)/b18-13-/t16-/m0/s1. The number of fused-ring (bicyclic) bond motifs is 2. The van der Waals surface area contributed by atoms with Crippen molar-refractivity contribution in [2.75, 3.05) is 25.9 Å². The molecule has 0 bridgehead atoms. The smallest absolute Gasteiger partial charge is 0.282 e. The third-order valence-corrected chi connectivity index (χ3v) is 7.57. The number of carbonyl (C=O) groups excluding carboxylic acids is 1. The molecule has 0 unspecified atom stereocenters. The summed E-state index contributed by atoms with van der Waals surface area (Å²) in [5.41, 5.74) is 8.53. The average molecular weight is 508 g/mol. The number of nitrogen functional groups attached to an aromatic ring is 1. The first-order valence-electron chi connectivity index (χ1n) is 11.9. The van der Waals surface area contributed by atoms with Gasteiger partial charge in [-0.25, -0.2) is 14.4 Å². The van der Waals surface area contributed by atoms with Gasteiger partial charge in [0.1, 0.15) is 28.6 Å². The number of thiophene rings is 1. The normalized spacial score (nSPS) is 16.9. The molecule has 0 spiro atoms. The predicted molar refractivity (Wildman–Crippen MR) is 142 cm³/mol. The second kappa shape index (κ2) is 8.89. The van der Waals surface area contributed by atoms with Crippen molar-refractivity contribution < 1.29 is 13.9 Å². The first-order valence-corrected chi connectivity index (χ1v) is 12.8. The van der Waals surface area contributed by atoms with E-state index in [1.54, 1.807) is 29.5 Å². The molecule has 0 saturated carbocycles. The quantitative estimate of drug-likeness (QED) is 0.357. The Labute approximate surface area is 213 Å². The van der Waals surface area contributed by atoms with Gasteiger partial charge in [-0.05, 0) is 47.9 Å². The Bertz CT molecular complexity index is 1510. The molecule has 1 fully saturated rings. The van der Waals surface area contributed by atoms with Gasteiger partial charge in [0, 0.05) is 31.4 Å². The highest BCUT2D eigenvalue weighted by Crippen LogP contribution is 2.42. The van der Waals surface area contributed by atoms with Gasteiger partial charge in [0.2, 0.25) is 0 Å². The number of methoxy groups -OCH3 is 1. The van der Waals surface area contributed by atoms with Crippen LogP contribution in [-0.2, 0) is 4.79 Å². The van der Waals surface area contributed by atoms with Crippen LogP contribution in [0.4, 0.5) is 10.2 Å². The van der Waals surface area contributed by atoms with Crippen LogP contribution < -0.4 is 10.5 Å². The minimum atomic E-state index is -0.709. The van der Waals surface area contributed by atoms with Gasteiger partial charge in [-0.2, -0.15) is 0 Å². The van der Waals surface area contributed by atoms with Crippen LogP contribution >= 0.6 is 11.3 Å². The number of carbonyl (C=O) groups is 1. The van der Waals surface area contributed by atoms with E-state index in [2.05, 4.69) is 17.1 Å². The molecule has 0 aliphatic carbocycles. The summed E-state index contributed by atoms with van der Waals surface area (Å²) in [5.74, 6) is 0.681. The topological polar surface area (TPSA) is 85.8 Å². The SMILES string of the molecule is COc1cc(C)cc2cc(-c3nc([C@H]4CCN(C(=O)/C(F)=C/C(C)(C)C)C4)n4ccnc(N)c34)sc12. The number of imidazole rings is 1. The first-order chi connectivity index (χ1) is 17.1. The molecule has 7 nitrogen and oxygen atoms in total. The minimum Gasteiger partial charge on any atom is -0.495 e. The molecular formula is C27H30FN5O2S. The monoisotopic (exact) mass is 507 g/mol. The van der Waals surface area contributed by atoms with Gasteiger partial charge in [0.25, 0.3) is 5.91 Å². The maximum absolute atomic E-state index is 14.6. The number of rotatable bonds is 4. The number of hydrogen-bond donors (Lipinski definition) is 1. The summed E-state index contributed by atoms with van der Waals surface area (Å²) in [4.78, 5) is 24.6. The van der Waals surface area contributed by atoms with Gasteiger partial charge >= 0.3 is 0 Å². The van der Waals surface area contributed by atoms with Crippen LogP contribution in [0.25, 0.3) is 26.2 Å². The Morgan fingerprint density at radius 1 is 1.31 bits per heavy atom. The highest BCUT2D eigenvalue weighted by molar-refractivity contribution is 7.22. The number of anilines is 1. The fourth-order valence-electron chi connectivity index (χ4n) is 4.83. The van der Waals surface area contributed by atoms with Crippen molar-refractivity contribution in [2.24, 2.45) is 5.41 Å². The Morgan fingerprint density at radius 2 is 2.08 bits per heavy atom. The van der Waals surface area contributed by atoms with Crippen molar-refractivity contribution in [1.29, 1.82) is 0 Å². The molecule has 1 aliphatic heterocycles. The van der Waals surface area contributed by atoms with Crippen molar-refractivity contribution in [3.8, 4) is 16.3 Å². The van der Waals surface area contributed by atoms with E-state index in [1.807, 2.05) is 44.4 Å². The second-order valence-electron chi connectivity index (χ2n) is 10.4. The lowest BCUT2D eigenvalue weighted by Crippen LogP contribution is -2.29. The number of hydrogen-bond acceptors (Lipinski definition) is 6. The third-order valence-electron chi connectivity index (χ3n) is 6.39. The van der Waals surface area contributed by atoms with E-state index < -0.39 is 17.1 Å². The lowest BCUT2D eigenvalue weighted by molar-refractivity contribution is -0.127. The fourth-order valence-corrected chi connectivity index (χ4v) is 5.95. The van der Waals surface area contributed by atoms with E-state index in [1.165, 1.54) is 6.08 Å². The van der Waals surface area contributed by atoms with Gasteiger partial charge in [-0.3, -0.25) is 9.20 Å². The predicted octanol–water partition coefficient (Wildman–Crippen LogP) is 5.73. The summed E-state index contributed by atoms with van der Waals surface area (Å²) in [6.45, 7) is 8.51. The molecule has 1 saturated heterocycles. The summed E-state index contributed by atoms with van der Waals surface area (Å²) < 4.78 is 23.2. The molecule has 1 aromatic carbocycles. The number of amides is 1. The number of aromatic nitrogens is 3. The molecule has 36 heavy (non-hydrogen) atoms. The molecular weight excluding hydrogens is 477 g/mol. The van der Waals surface area contributed by atoms with Gasteiger partial charge in [0.15, 0.2) is 5.83 Å². The average Bonchev–Trinajstić information content (AvgIpc) is 3.53. The van der Waals surface area contributed by atoms with Crippen molar-refractivity contribution in [1.82, 2.24) is 19.3 Å². The van der Waals surface area contributed by atoms with Crippen LogP contribution in [0.5, 0.6) is 5.75 Å². The number of nitrogens with two attached hydrogens (primary N) is 1. The zero-order valence-corrected chi connectivity index (χ0v) is 21.9. The van der Waals surface area contributed by atoms with Crippen LogP contribution in [0.2, 0.25) is 0 Å². The molecule has 5 rings (SSSR count). The Balaban J connectivity index is 1.55. The third kappa shape index (κ3) is 4.32.